The zero-order valence-electron chi connectivity index (χ0n) is 23.5. The third-order valence-corrected chi connectivity index (χ3v) is 8.15. The molecular formula is C24H42O21. The summed E-state index contributed by atoms with van der Waals surface area (Å²) in [6.07, 6.45) is -34.1. The second-order valence-electron chi connectivity index (χ2n) is 11.3. The highest BCUT2D eigenvalue weighted by atomic mass is 16.7. The smallest absolute Gasteiger partial charge is 0.186 e. The molecular weight excluding hydrogens is 624 g/mol. The lowest BCUT2D eigenvalue weighted by Crippen LogP contribution is -2.63. The highest BCUT2D eigenvalue weighted by Crippen LogP contribution is 2.29. The van der Waals surface area contributed by atoms with Gasteiger partial charge in [0.05, 0.1) is 26.4 Å². The maximum absolute atomic E-state index is 10.4. The van der Waals surface area contributed by atoms with E-state index in [1.54, 1.807) is 0 Å². The van der Waals surface area contributed by atoms with Crippen molar-refractivity contribution in [1.82, 2.24) is 0 Å². The van der Waals surface area contributed by atoms with Crippen LogP contribution in [0.5, 0.6) is 0 Å². The molecule has 0 spiro atoms. The normalized spacial score (nSPS) is 52.9. The summed E-state index contributed by atoms with van der Waals surface area (Å²) in [4.78, 5) is 0. The Labute approximate surface area is 254 Å². The van der Waals surface area contributed by atoms with Gasteiger partial charge in [0, 0.05) is 0 Å². The van der Waals surface area contributed by atoms with E-state index in [-0.39, 0.29) is 0 Å². The molecule has 14 N–H and O–H groups in total. The van der Waals surface area contributed by atoms with E-state index in [4.69, 9.17) is 33.2 Å². The molecule has 4 aliphatic heterocycles. The highest BCUT2D eigenvalue weighted by Gasteiger charge is 2.50. The van der Waals surface area contributed by atoms with Crippen LogP contribution < -0.4 is 0 Å². The molecule has 0 aliphatic carbocycles. The van der Waals surface area contributed by atoms with Crippen LogP contribution in [0.4, 0.5) is 0 Å². The molecule has 21 nitrogen and oxygen atoms in total. The van der Waals surface area contributed by atoms with Crippen molar-refractivity contribution < 1.29 is 105 Å². The van der Waals surface area contributed by atoms with Crippen molar-refractivity contribution in [2.45, 2.75) is 123 Å². The fourth-order valence-electron chi connectivity index (χ4n) is 5.23. The average Bonchev–Trinajstić information content (AvgIpc) is 3.02. The van der Waals surface area contributed by atoms with Crippen molar-refractivity contribution >= 4 is 0 Å². The van der Waals surface area contributed by atoms with Gasteiger partial charge in [-0.25, -0.2) is 0 Å². The number of ether oxygens (including phenoxy) is 7. The summed E-state index contributed by atoms with van der Waals surface area (Å²) in [6.45, 7) is -2.67. The molecule has 0 aromatic heterocycles. The minimum absolute atomic E-state index is 0.633. The summed E-state index contributed by atoms with van der Waals surface area (Å²) in [7, 11) is 0. The number of aliphatic hydroxyl groups is 14. The zero-order chi connectivity index (χ0) is 33.3. The zero-order valence-corrected chi connectivity index (χ0v) is 23.5. The third-order valence-electron chi connectivity index (χ3n) is 8.15. The Morgan fingerprint density at radius 1 is 0.333 bits per heavy atom. The van der Waals surface area contributed by atoms with E-state index in [9.17, 15) is 71.5 Å². The van der Waals surface area contributed by atoms with Crippen molar-refractivity contribution in [3.63, 3.8) is 0 Å². The van der Waals surface area contributed by atoms with E-state index in [0.29, 0.717) is 0 Å². The van der Waals surface area contributed by atoms with Gasteiger partial charge in [-0.2, -0.15) is 0 Å². The van der Waals surface area contributed by atoms with E-state index in [1.165, 1.54) is 0 Å². The molecule has 20 atom stereocenters. The van der Waals surface area contributed by atoms with Crippen LogP contribution in [0.15, 0.2) is 0 Å². The summed E-state index contributed by atoms with van der Waals surface area (Å²) in [5, 5.41) is 141. The molecule has 4 heterocycles. The molecule has 45 heavy (non-hydrogen) atoms. The van der Waals surface area contributed by atoms with Gasteiger partial charge in [0.25, 0.3) is 0 Å². The Balaban J connectivity index is 1.33. The lowest BCUT2D eigenvalue weighted by molar-refractivity contribution is -0.346. The number of aliphatic hydroxyl groups excluding tert-OH is 14. The van der Waals surface area contributed by atoms with Crippen molar-refractivity contribution in [2.75, 3.05) is 26.4 Å². The highest BCUT2D eigenvalue weighted by molar-refractivity contribution is 4.94. The van der Waals surface area contributed by atoms with Gasteiger partial charge < -0.3 is 105 Å². The average molecular weight is 667 g/mol. The third kappa shape index (κ3) is 7.91. The second kappa shape index (κ2) is 15.6. The SMILES string of the molecule is OC[C@H]1O[C@H](OC[C@H]2O[C@H](OC[C@H]3O[C@H](OC[C@H]4O[C@H](O)[C@H](O)[C@@H](O)[C@@H]4O)[C@H](O)[C@@H](O)[C@H]3O)[C@H](O)[C@@H](O)[C@H]2O)[C@H](O)[C@@H](O)[C@H]1O. The van der Waals surface area contributed by atoms with Gasteiger partial charge in [0.15, 0.2) is 25.2 Å². The van der Waals surface area contributed by atoms with Crippen LogP contribution in [0, 0.1) is 0 Å². The Morgan fingerprint density at radius 3 is 0.978 bits per heavy atom. The van der Waals surface area contributed by atoms with Crippen molar-refractivity contribution in [1.29, 1.82) is 0 Å². The fraction of sp³-hybridized carbons (Fsp3) is 1.00. The van der Waals surface area contributed by atoms with E-state index in [1.807, 2.05) is 0 Å². The Kier molecular flexibility index (Phi) is 12.8. The van der Waals surface area contributed by atoms with Crippen LogP contribution >= 0.6 is 0 Å². The van der Waals surface area contributed by atoms with Crippen molar-refractivity contribution in [2.24, 2.45) is 0 Å². The van der Waals surface area contributed by atoms with E-state index < -0.39 is 149 Å². The molecule has 4 fully saturated rings. The summed E-state index contributed by atoms with van der Waals surface area (Å²) >= 11 is 0. The fourth-order valence-corrected chi connectivity index (χ4v) is 5.23. The monoisotopic (exact) mass is 666 g/mol. The first kappa shape index (κ1) is 37.0. The van der Waals surface area contributed by atoms with Crippen LogP contribution in [0.1, 0.15) is 0 Å². The Hall–Kier alpha value is -0.840. The van der Waals surface area contributed by atoms with Crippen LogP contribution in [0.2, 0.25) is 0 Å². The predicted octanol–water partition coefficient (Wildman–Crippen LogP) is -9.75. The Bertz CT molecular complexity index is 916. The Morgan fingerprint density at radius 2 is 0.622 bits per heavy atom. The summed E-state index contributed by atoms with van der Waals surface area (Å²) in [5.74, 6) is 0. The molecule has 4 saturated heterocycles. The van der Waals surface area contributed by atoms with Crippen molar-refractivity contribution in [3.05, 3.63) is 0 Å². The minimum Gasteiger partial charge on any atom is -0.394 e. The molecule has 0 saturated carbocycles. The maximum Gasteiger partial charge on any atom is 0.186 e. The van der Waals surface area contributed by atoms with Gasteiger partial charge in [-0.05, 0) is 0 Å². The van der Waals surface area contributed by atoms with E-state index in [0.717, 1.165) is 0 Å². The summed E-state index contributed by atoms with van der Waals surface area (Å²) in [5.41, 5.74) is 0. The van der Waals surface area contributed by atoms with Gasteiger partial charge in [0.2, 0.25) is 0 Å². The molecule has 0 bridgehead atoms. The first-order chi connectivity index (χ1) is 21.2. The van der Waals surface area contributed by atoms with Crippen LogP contribution in [0.3, 0.4) is 0 Å². The quantitative estimate of drug-likeness (QED) is 0.103. The van der Waals surface area contributed by atoms with Crippen LogP contribution in [0.25, 0.3) is 0 Å². The molecule has 264 valence electrons. The number of rotatable bonds is 10. The first-order valence-corrected chi connectivity index (χ1v) is 14.1. The first-order valence-electron chi connectivity index (χ1n) is 14.1. The van der Waals surface area contributed by atoms with Crippen LogP contribution in [-0.2, 0) is 33.2 Å². The van der Waals surface area contributed by atoms with Gasteiger partial charge in [-0.1, -0.05) is 0 Å². The van der Waals surface area contributed by atoms with Crippen molar-refractivity contribution in [3.8, 4) is 0 Å². The van der Waals surface area contributed by atoms with E-state index >= 15 is 0 Å². The van der Waals surface area contributed by atoms with Gasteiger partial charge in [-0.3, -0.25) is 0 Å². The number of hydrogen-bond acceptors (Lipinski definition) is 21. The molecule has 4 rings (SSSR count). The largest absolute Gasteiger partial charge is 0.394 e. The predicted molar refractivity (Wildman–Crippen MR) is 134 cm³/mol. The lowest BCUT2D eigenvalue weighted by atomic mass is 9.98. The molecule has 0 amide bonds. The molecule has 0 unspecified atom stereocenters. The molecule has 21 heteroatoms. The molecule has 0 aromatic carbocycles. The summed E-state index contributed by atoms with van der Waals surface area (Å²) in [6, 6.07) is 0. The second-order valence-corrected chi connectivity index (χ2v) is 11.3. The minimum atomic E-state index is -1.88. The molecule has 4 aliphatic rings. The lowest BCUT2D eigenvalue weighted by Gasteiger charge is -2.44. The van der Waals surface area contributed by atoms with Crippen LogP contribution in [-0.4, -0.2) is 221 Å². The summed E-state index contributed by atoms with van der Waals surface area (Å²) < 4.78 is 37.2. The topological polar surface area (TPSA) is 348 Å². The van der Waals surface area contributed by atoms with Gasteiger partial charge in [0.1, 0.15) is 97.7 Å². The van der Waals surface area contributed by atoms with Gasteiger partial charge >= 0.3 is 0 Å². The molecule has 0 radical (unpaired) electrons. The standard InChI is InChI=1S/C24H42O21/c25-1-5-9(26)14(31)18(35)22(43-5)40-3-7-11(28)16(33)20(37)24(45-7)41-4-8-12(29)15(32)19(36)23(44-8)39-2-6-10(27)13(30)17(34)21(38)42-6/h5-38H,1-4H2/t5-,6-,7-,8-,9+,10-,11+,12+,13+,14+,15+,16+,17-,18-,19-,20-,21+,22+,23+,24+/m1/s1. The maximum atomic E-state index is 10.4. The number of hydrogen-bond donors (Lipinski definition) is 14. The van der Waals surface area contributed by atoms with E-state index in [2.05, 4.69) is 0 Å². The van der Waals surface area contributed by atoms with Gasteiger partial charge in [-0.15, -0.1) is 0 Å². The molecule has 0 aromatic rings.